The molecule has 0 radical (unpaired) electrons. The topological polar surface area (TPSA) is 111 Å². The van der Waals surface area contributed by atoms with Gasteiger partial charge in [-0.3, -0.25) is 9.59 Å². The lowest BCUT2D eigenvalue weighted by atomic mass is 10.1. The number of hydrogen-bond donors (Lipinski definition) is 4. The highest BCUT2D eigenvalue weighted by atomic mass is 16.3. The lowest BCUT2D eigenvalue weighted by Gasteiger charge is -2.33. The minimum atomic E-state index is -0.894. The Balaban J connectivity index is 1.57. The van der Waals surface area contributed by atoms with Crippen LogP contribution >= 0.6 is 0 Å². The van der Waals surface area contributed by atoms with Crippen LogP contribution in [0.1, 0.15) is 24.9 Å². The van der Waals surface area contributed by atoms with Gasteiger partial charge in [-0.25, -0.2) is 4.79 Å². The van der Waals surface area contributed by atoms with Crippen LogP contribution in [0.15, 0.2) is 30.3 Å². The Morgan fingerprint density at radius 1 is 1.36 bits per heavy atom. The lowest BCUT2D eigenvalue weighted by molar-refractivity contribution is -0.148. The van der Waals surface area contributed by atoms with Crippen molar-refractivity contribution in [2.75, 3.05) is 13.2 Å². The fourth-order valence-corrected chi connectivity index (χ4v) is 3.33. The van der Waals surface area contributed by atoms with Gasteiger partial charge in [-0.2, -0.15) is 0 Å². The monoisotopic (exact) mass is 346 g/mol. The Morgan fingerprint density at radius 3 is 2.76 bits per heavy atom. The van der Waals surface area contributed by atoms with Crippen molar-refractivity contribution in [1.29, 1.82) is 0 Å². The first-order chi connectivity index (χ1) is 12.0. The Labute approximate surface area is 145 Å². The first-order valence-corrected chi connectivity index (χ1v) is 8.33. The summed E-state index contributed by atoms with van der Waals surface area (Å²) in [7, 11) is 0. The first kappa shape index (κ1) is 17.2. The van der Waals surface area contributed by atoms with Crippen molar-refractivity contribution in [3.63, 3.8) is 0 Å². The molecule has 134 valence electrons. The van der Waals surface area contributed by atoms with Crippen molar-refractivity contribution >= 4 is 17.8 Å². The quantitative estimate of drug-likeness (QED) is 0.589. The van der Waals surface area contributed by atoms with Crippen LogP contribution in [0, 0.1) is 0 Å². The summed E-state index contributed by atoms with van der Waals surface area (Å²) in [6.07, 6.45) is 0.364. The molecular formula is C17H22N4O4. The van der Waals surface area contributed by atoms with Crippen LogP contribution in [0.25, 0.3) is 0 Å². The standard InChI is InChI=1S/C17H22N4O4/c1-10(11-5-3-2-4-6-11)18-17(25)19-12-7-14-15(23)20-13(9-22)16(24)21(14)8-12/h2-6,10,12-14,22H,7-9H2,1H3,(H,20,23)(H2,18,19,25)/t10-,12+,13+,14+/m1/s1. The number of benzene rings is 1. The number of aliphatic hydroxyl groups excluding tert-OH is 1. The van der Waals surface area contributed by atoms with Crippen molar-refractivity contribution in [2.24, 2.45) is 0 Å². The summed E-state index contributed by atoms with van der Waals surface area (Å²) in [6.45, 7) is 1.72. The minimum absolute atomic E-state index is 0.158. The van der Waals surface area contributed by atoms with Crippen LogP contribution < -0.4 is 16.0 Å². The summed E-state index contributed by atoms with van der Waals surface area (Å²) in [5, 5.41) is 17.4. The number of amides is 4. The molecule has 0 aromatic heterocycles. The third kappa shape index (κ3) is 3.58. The van der Waals surface area contributed by atoms with E-state index in [0.29, 0.717) is 6.42 Å². The molecule has 2 fully saturated rings. The summed E-state index contributed by atoms with van der Waals surface area (Å²) in [5.41, 5.74) is 0.988. The van der Waals surface area contributed by atoms with Crippen LogP contribution in [-0.4, -0.2) is 59.1 Å². The predicted octanol–water partition coefficient (Wildman–Crippen LogP) is -0.493. The predicted molar refractivity (Wildman–Crippen MR) is 89.4 cm³/mol. The van der Waals surface area contributed by atoms with Crippen LogP contribution in [-0.2, 0) is 9.59 Å². The summed E-state index contributed by atoms with van der Waals surface area (Å²) < 4.78 is 0. The molecule has 25 heavy (non-hydrogen) atoms. The third-order valence-electron chi connectivity index (χ3n) is 4.67. The number of rotatable bonds is 4. The summed E-state index contributed by atoms with van der Waals surface area (Å²) >= 11 is 0. The van der Waals surface area contributed by atoms with Crippen LogP contribution in [0.2, 0.25) is 0 Å². The number of fused-ring (bicyclic) bond motifs is 1. The maximum atomic E-state index is 12.2. The molecule has 1 aromatic carbocycles. The van der Waals surface area contributed by atoms with E-state index in [1.54, 1.807) is 0 Å². The molecule has 2 saturated heterocycles. The second kappa shape index (κ2) is 7.10. The first-order valence-electron chi connectivity index (χ1n) is 8.33. The largest absolute Gasteiger partial charge is 0.394 e. The average Bonchev–Trinajstić information content (AvgIpc) is 3.03. The minimum Gasteiger partial charge on any atom is -0.394 e. The van der Waals surface area contributed by atoms with Gasteiger partial charge < -0.3 is 26.0 Å². The summed E-state index contributed by atoms with van der Waals surface area (Å²) in [6, 6.07) is 7.29. The Morgan fingerprint density at radius 2 is 2.08 bits per heavy atom. The van der Waals surface area contributed by atoms with Gasteiger partial charge >= 0.3 is 6.03 Å². The maximum Gasteiger partial charge on any atom is 0.315 e. The molecule has 3 rings (SSSR count). The van der Waals surface area contributed by atoms with Crippen LogP contribution in [0.4, 0.5) is 4.79 Å². The molecule has 8 nitrogen and oxygen atoms in total. The van der Waals surface area contributed by atoms with Gasteiger partial charge in [-0.05, 0) is 18.9 Å². The number of aliphatic hydroxyl groups is 1. The zero-order valence-electron chi connectivity index (χ0n) is 13.9. The SMILES string of the molecule is C[C@@H](NC(=O)N[C@H]1C[C@H]2C(=O)N[C@@H](CO)C(=O)N2C1)c1ccccc1. The normalized spacial score (nSPS) is 26.6. The highest BCUT2D eigenvalue weighted by molar-refractivity contribution is 5.97. The molecule has 0 bridgehead atoms. The smallest absolute Gasteiger partial charge is 0.315 e. The lowest BCUT2D eigenvalue weighted by Crippen LogP contribution is -2.62. The molecule has 2 aliphatic heterocycles. The molecule has 1 aromatic rings. The number of nitrogens with zero attached hydrogens (tertiary/aromatic N) is 1. The van der Waals surface area contributed by atoms with Gasteiger partial charge in [0, 0.05) is 6.54 Å². The second-order valence-electron chi connectivity index (χ2n) is 6.43. The average molecular weight is 346 g/mol. The third-order valence-corrected chi connectivity index (χ3v) is 4.67. The summed E-state index contributed by atoms with van der Waals surface area (Å²) in [5.74, 6) is -0.601. The van der Waals surface area contributed by atoms with Crippen molar-refractivity contribution in [1.82, 2.24) is 20.9 Å². The van der Waals surface area contributed by atoms with E-state index in [9.17, 15) is 19.5 Å². The molecule has 0 aliphatic carbocycles. The van der Waals surface area contributed by atoms with Crippen molar-refractivity contribution in [3.05, 3.63) is 35.9 Å². The number of piperazine rings is 1. The molecular weight excluding hydrogens is 324 g/mol. The zero-order chi connectivity index (χ0) is 18.0. The molecule has 2 heterocycles. The molecule has 0 saturated carbocycles. The van der Waals surface area contributed by atoms with E-state index >= 15 is 0 Å². The molecule has 0 unspecified atom stereocenters. The van der Waals surface area contributed by atoms with Gasteiger partial charge in [0.1, 0.15) is 12.1 Å². The van der Waals surface area contributed by atoms with E-state index < -0.39 is 18.7 Å². The van der Waals surface area contributed by atoms with Crippen molar-refractivity contribution < 1.29 is 19.5 Å². The van der Waals surface area contributed by atoms with E-state index in [0.717, 1.165) is 5.56 Å². The Kier molecular flexibility index (Phi) is 4.89. The van der Waals surface area contributed by atoms with Gasteiger partial charge in [0.25, 0.3) is 0 Å². The fourth-order valence-electron chi connectivity index (χ4n) is 3.33. The van der Waals surface area contributed by atoms with E-state index in [2.05, 4.69) is 16.0 Å². The number of hydrogen-bond acceptors (Lipinski definition) is 4. The van der Waals surface area contributed by atoms with Gasteiger partial charge in [0.2, 0.25) is 11.8 Å². The van der Waals surface area contributed by atoms with E-state index in [-0.39, 0.29) is 36.5 Å². The van der Waals surface area contributed by atoms with Crippen LogP contribution in [0.5, 0.6) is 0 Å². The zero-order valence-corrected chi connectivity index (χ0v) is 13.9. The van der Waals surface area contributed by atoms with Crippen molar-refractivity contribution in [2.45, 2.75) is 37.5 Å². The molecule has 4 N–H and O–H groups in total. The van der Waals surface area contributed by atoms with E-state index in [1.165, 1.54) is 4.90 Å². The van der Waals surface area contributed by atoms with Gasteiger partial charge in [-0.1, -0.05) is 30.3 Å². The number of urea groups is 1. The Bertz CT molecular complexity index is 666. The molecule has 0 spiro atoms. The van der Waals surface area contributed by atoms with Crippen LogP contribution in [0.3, 0.4) is 0 Å². The highest BCUT2D eigenvalue weighted by Crippen LogP contribution is 2.22. The van der Waals surface area contributed by atoms with Crippen molar-refractivity contribution in [3.8, 4) is 0 Å². The number of carbonyl (C=O) groups is 3. The maximum absolute atomic E-state index is 12.2. The molecule has 2 aliphatic rings. The second-order valence-corrected chi connectivity index (χ2v) is 6.43. The van der Waals surface area contributed by atoms with Gasteiger partial charge in [0.15, 0.2) is 0 Å². The fraction of sp³-hybridized carbons (Fsp3) is 0.471. The van der Waals surface area contributed by atoms with E-state index in [4.69, 9.17) is 0 Å². The molecule has 4 amide bonds. The van der Waals surface area contributed by atoms with Gasteiger partial charge in [-0.15, -0.1) is 0 Å². The van der Waals surface area contributed by atoms with E-state index in [1.807, 2.05) is 37.3 Å². The molecule has 8 heteroatoms. The van der Waals surface area contributed by atoms with Gasteiger partial charge in [0.05, 0.1) is 18.7 Å². The number of nitrogens with one attached hydrogen (secondary N) is 3. The summed E-state index contributed by atoms with van der Waals surface area (Å²) in [4.78, 5) is 37.9. The molecule has 4 atom stereocenters. The Hall–Kier alpha value is -2.61. The highest BCUT2D eigenvalue weighted by Gasteiger charge is 2.46. The number of carbonyl (C=O) groups excluding carboxylic acids is 3.